The number of nitrogens with one attached hydrogen (secondary N) is 3. The highest BCUT2D eigenvalue weighted by Gasteiger charge is 2.40. The van der Waals surface area contributed by atoms with E-state index in [0.717, 1.165) is 0 Å². The Labute approximate surface area is 306 Å². The molecule has 6 N–H and O–H groups in total. The Balaban J connectivity index is 1.79. The number of carbonyl (C=O) groups excluding carboxylic acids is 5. The molecule has 15 nitrogen and oxygen atoms in total. The van der Waals surface area contributed by atoms with Crippen molar-refractivity contribution in [3.8, 4) is 0 Å². The highest BCUT2D eigenvalue weighted by atomic mass is 32.1. The van der Waals surface area contributed by atoms with Crippen molar-refractivity contribution in [2.24, 2.45) is 23.5 Å². The average molecular weight is 750 g/mol. The summed E-state index contributed by atoms with van der Waals surface area (Å²) in [6, 6.07) is -4.14. The maximum absolute atomic E-state index is 14.1. The molecular formula is C34H51N7O8S2. The fourth-order valence-corrected chi connectivity index (χ4v) is 7.53. The Morgan fingerprint density at radius 3 is 2.18 bits per heavy atom. The van der Waals surface area contributed by atoms with Crippen LogP contribution in [0.5, 0.6) is 0 Å². The van der Waals surface area contributed by atoms with Gasteiger partial charge in [0.2, 0.25) is 17.7 Å². The molecule has 3 heterocycles. The van der Waals surface area contributed by atoms with E-state index in [0.29, 0.717) is 42.2 Å². The number of aromatic nitrogens is 2. The van der Waals surface area contributed by atoms with Gasteiger partial charge in [-0.3, -0.25) is 24.0 Å². The molecule has 51 heavy (non-hydrogen) atoms. The molecule has 17 heteroatoms. The van der Waals surface area contributed by atoms with Gasteiger partial charge in [0.15, 0.2) is 5.69 Å². The maximum Gasteiger partial charge on any atom is 0.355 e. The number of thiazole rings is 2. The fourth-order valence-electron chi connectivity index (χ4n) is 5.73. The van der Waals surface area contributed by atoms with Gasteiger partial charge in [-0.25, -0.2) is 14.8 Å². The van der Waals surface area contributed by atoms with Crippen LogP contribution in [0.2, 0.25) is 0 Å². The van der Waals surface area contributed by atoms with E-state index in [1.165, 1.54) is 41.9 Å². The number of nitrogens with two attached hydrogens (primary N) is 1. The van der Waals surface area contributed by atoms with Gasteiger partial charge in [-0.05, 0) is 43.9 Å². The zero-order valence-corrected chi connectivity index (χ0v) is 32.1. The third-order valence-electron chi connectivity index (χ3n) is 8.82. The quantitative estimate of drug-likeness (QED) is 0.147. The van der Waals surface area contributed by atoms with E-state index in [1.807, 2.05) is 27.7 Å². The number of hydrogen-bond donors (Lipinski definition) is 5. The molecule has 1 aliphatic rings. The van der Waals surface area contributed by atoms with Crippen LogP contribution in [0.4, 0.5) is 0 Å². The van der Waals surface area contributed by atoms with Gasteiger partial charge >= 0.3 is 11.9 Å². The van der Waals surface area contributed by atoms with E-state index >= 15 is 0 Å². The summed E-state index contributed by atoms with van der Waals surface area (Å²) in [5.74, 6) is -4.19. The van der Waals surface area contributed by atoms with Crippen molar-refractivity contribution in [1.29, 1.82) is 0 Å². The summed E-state index contributed by atoms with van der Waals surface area (Å²) < 4.78 is 5.26. The molecule has 0 aliphatic carbocycles. The number of rotatable bonds is 17. The van der Waals surface area contributed by atoms with Gasteiger partial charge in [0.05, 0.1) is 18.1 Å². The lowest BCUT2D eigenvalue weighted by Gasteiger charge is -2.32. The van der Waals surface area contributed by atoms with Crippen LogP contribution in [0.1, 0.15) is 124 Å². The van der Waals surface area contributed by atoms with Crippen LogP contribution in [0, 0.1) is 17.8 Å². The molecule has 282 valence electrons. The number of carboxylic acids is 1. The number of ether oxygens (including phenoxy) is 1. The van der Waals surface area contributed by atoms with E-state index in [9.17, 15) is 33.9 Å². The normalized spacial score (nSPS) is 18.0. The lowest BCUT2D eigenvalue weighted by atomic mass is 9.98. The Morgan fingerprint density at radius 1 is 0.961 bits per heavy atom. The summed E-state index contributed by atoms with van der Waals surface area (Å²) in [6.07, 6.45) is 1.41. The molecule has 2 aromatic rings. The molecule has 0 saturated carbocycles. The first-order chi connectivity index (χ1) is 23.9. The van der Waals surface area contributed by atoms with Gasteiger partial charge in [-0.2, -0.15) is 0 Å². The molecule has 1 aliphatic heterocycles. The molecule has 0 unspecified atom stereocenters. The Kier molecular flexibility index (Phi) is 15.0. The zero-order valence-electron chi connectivity index (χ0n) is 30.4. The number of nitrogens with zero attached hydrogens (tertiary/aromatic N) is 3. The molecule has 1 fully saturated rings. The van der Waals surface area contributed by atoms with Gasteiger partial charge in [-0.15, -0.1) is 22.7 Å². The van der Waals surface area contributed by atoms with E-state index in [-0.39, 0.29) is 35.0 Å². The van der Waals surface area contributed by atoms with Crippen molar-refractivity contribution < 1.29 is 38.6 Å². The first-order valence-corrected chi connectivity index (χ1v) is 19.0. The fraction of sp³-hybridized carbons (Fsp3) is 0.647. The largest absolute Gasteiger partial charge is 0.476 e. The number of esters is 1. The van der Waals surface area contributed by atoms with Gasteiger partial charge in [0.25, 0.3) is 5.91 Å². The van der Waals surface area contributed by atoms with Crippen molar-refractivity contribution in [1.82, 2.24) is 30.8 Å². The van der Waals surface area contributed by atoms with Crippen LogP contribution in [0.15, 0.2) is 10.8 Å². The second-order valence-corrected chi connectivity index (χ2v) is 15.5. The van der Waals surface area contributed by atoms with Crippen molar-refractivity contribution in [2.75, 3.05) is 6.54 Å². The average Bonchev–Trinajstić information content (AvgIpc) is 3.84. The van der Waals surface area contributed by atoms with Gasteiger partial charge in [0.1, 0.15) is 33.9 Å². The van der Waals surface area contributed by atoms with E-state index in [4.69, 9.17) is 10.5 Å². The molecule has 0 aromatic carbocycles. The summed E-state index contributed by atoms with van der Waals surface area (Å²) in [6.45, 7) is 14.4. The van der Waals surface area contributed by atoms with Crippen molar-refractivity contribution >= 4 is 58.2 Å². The second-order valence-electron chi connectivity index (χ2n) is 13.7. The van der Waals surface area contributed by atoms with Gasteiger partial charge < -0.3 is 36.4 Å². The van der Waals surface area contributed by atoms with Crippen LogP contribution in [-0.4, -0.2) is 86.3 Å². The minimum absolute atomic E-state index is 0.0826. The minimum Gasteiger partial charge on any atom is -0.476 e. The maximum atomic E-state index is 14.1. The lowest BCUT2D eigenvalue weighted by Crippen LogP contribution is -2.61. The topological polar surface area (TPSA) is 223 Å². The molecular weight excluding hydrogens is 699 g/mol. The summed E-state index contributed by atoms with van der Waals surface area (Å²) in [5, 5.41) is 21.8. The lowest BCUT2D eigenvalue weighted by molar-refractivity contribution is -0.151. The smallest absolute Gasteiger partial charge is 0.355 e. The second kappa shape index (κ2) is 18.5. The summed E-state index contributed by atoms with van der Waals surface area (Å²) in [4.78, 5) is 87.7. The van der Waals surface area contributed by atoms with E-state index in [1.54, 1.807) is 24.1 Å². The molecule has 7 atom stereocenters. The van der Waals surface area contributed by atoms with E-state index < -0.39 is 66.0 Å². The number of hydrogen-bond acceptors (Lipinski definition) is 12. The standard InChI is InChI=1S/C34H51N7O8S2/c1-9-18(6)25(35)29(44)40-27(19(7)49-20(8)42)30(45)39-26(17(4)5)33(46)41-12-10-11-24(41)32-37-22(14-51-32)28(43)36-21(13-16(2)3)31-38-23(15-50-31)34(47)48/h14-19,21,24-27H,9-13,35H2,1-8H3,(H,36,43)(H,39,45)(H,40,44)(H,47,48)/t18-,19+,21-,24+,25-,26+,27+/m1/s1. The number of likely N-dealkylation sites (tertiary alicyclic amines) is 1. The molecule has 3 rings (SSSR count). The number of aromatic carboxylic acids is 1. The first-order valence-electron chi connectivity index (χ1n) is 17.2. The Bertz CT molecular complexity index is 1560. The Morgan fingerprint density at radius 2 is 1.61 bits per heavy atom. The van der Waals surface area contributed by atoms with Crippen LogP contribution in [-0.2, 0) is 23.9 Å². The molecule has 0 bridgehead atoms. The van der Waals surface area contributed by atoms with Crippen LogP contribution in [0.3, 0.4) is 0 Å². The number of amides is 4. The monoisotopic (exact) mass is 749 g/mol. The highest BCUT2D eigenvalue weighted by Crippen LogP contribution is 2.35. The van der Waals surface area contributed by atoms with Crippen LogP contribution in [0.25, 0.3) is 0 Å². The SMILES string of the molecule is CC[C@@H](C)[C@@H](N)C(=O)N[C@H](C(=O)N[C@H](C(=O)N1CCC[C@H]1c1nc(C(=O)N[C@H](CC(C)C)c2nc(C(=O)O)cs2)cs1)C(C)C)[C@H](C)OC(C)=O. The van der Waals surface area contributed by atoms with Gasteiger partial charge in [0, 0.05) is 24.2 Å². The predicted molar refractivity (Wildman–Crippen MR) is 192 cm³/mol. The molecule has 0 radical (unpaired) electrons. The highest BCUT2D eigenvalue weighted by molar-refractivity contribution is 7.10. The van der Waals surface area contributed by atoms with Gasteiger partial charge in [-0.1, -0.05) is 48.0 Å². The van der Waals surface area contributed by atoms with Crippen LogP contribution >= 0.6 is 22.7 Å². The van der Waals surface area contributed by atoms with Crippen molar-refractivity contribution in [3.63, 3.8) is 0 Å². The minimum atomic E-state index is -1.31. The molecule has 4 amide bonds. The summed E-state index contributed by atoms with van der Waals surface area (Å²) >= 11 is 2.42. The first kappa shape index (κ1) is 41.5. The zero-order chi connectivity index (χ0) is 38.2. The summed E-state index contributed by atoms with van der Waals surface area (Å²) in [7, 11) is 0. The Hall–Kier alpha value is -3.96. The van der Waals surface area contributed by atoms with E-state index in [2.05, 4.69) is 25.9 Å². The third-order valence-corrected chi connectivity index (χ3v) is 10.7. The molecule has 0 spiro atoms. The number of carboxylic acid groups (broad SMARTS) is 1. The summed E-state index contributed by atoms with van der Waals surface area (Å²) in [5.41, 5.74) is 6.19. The molecule has 2 aromatic heterocycles. The van der Waals surface area contributed by atoms with Crippen molar-refractivity contribution in [2.45, 2.75) is 117 Å². The van der Waals surface area contributed by atoms with Crippen molar-refractivity contribution in [3.05, 3.63) is 32.2 Å². The third kappa shape index (κ3) is 11.0. The molecule has 1 saturated heterocycles. The number of carbonyl (C=O) groups is 6. The predicted octanol–water partition coefficient (Wildman–Crippen LogP) is 3.43. The van der Waals surface area contributed by atoms with Crippen LogP contribution < -0.4 is 21.7 Å².